The van der Waals surface area contributed by atoms with Gasteiger partial charge < -0.3 is 9.84 Å². The van der Waals surface area contributed by atoms with Crippen molar-refractivity contribution in [3.63, 3.8) is 0 Å². The first kappa shape index (κ1) is 25.3. The van der Waals surface area contributed by atoms with E-state index in [-0.39, 0.29) is 12.1 Å². The Morgan fingerprint density at radius 1 is 1.09 bits per heavy atom. The molecule has 180 valence electrons. The third kappa shape index (κ3) is 6.37. The molecule has 1 heterocycles. The molecule has 3 aromatic rings. The van der Waals surface area contributed by atoms with Gasteiger partial charge in [-0.05, 0) is 50.6 Å². The van der Waals surface area contributed by atoms with Crippen molar-refractivity contribution < 1.29 is 32.6 Å². The number of thioether (sulfide) groups is 1. The summed E-state index contributed by atoms with van der Waals surface area (Å²) in [6, 6.07) is 12.9. The number of alkyl halides is 3. The predicted octanol–water partition coefficient (Wildman–Crippen LogP) is 5.05. The minimum absolute atomic E-state index is 0.112. The molecule has 7 nitrogen and oxygen atoms in total. The lowest BCUT2D eigenvalue weighted by atomic mass is 10.1. The number of hydrogen-bond acceptors (Lipinski definition) is 6. The van der Waals surface area contributed by atoms with E-state index in [1.807, 2.05) is 31.2 Å². The van der Waals surface area contributed by atoms with Crippen molar-refractivity contribution in [2.75, 3.05) is 0 Å². The Kier molecular flexibility index (Phi) is 7.35. The second kappa shape index (κ2) is 9.88. The number of carboxylic acid groups (broad SMARTS) is 1. The molecule has 1 aromatic heterocycles. The fourth-order valence-electron chi connectivity index (χ4n) is 2.86. The molecule has 0 aliphatic carbocycles. The summed E-state index contributed by atoms with van der Waals surface area (Å²) >= 11 is 1.04. The molecule has 0 amide bonds. The molecule has 0 spiro atoms. The molecule has 0 unspecified atom stereocenters. The van der Waals surface area contributed by atoms with Crippen molar-refractivity contribution in [1.82, 2.24) is 15.0 Å². The third-order valence-electron chi connectivity index (χ3n) is 4.79. The SMILES string of the molecule is Cc1ccc(Cn2cc([C@@H](OC(=O)c3ccc(SC(C)(C)C(=O)O)cc3)C(F)(F)F)nn2)cc1. The lowest BCUT2D eigenvalue weighted by molar-refractivity contribution is -0.208. The fourth-order valence-corrected chi connectivity index (χ4v) is 3.81. The number of halogens is 3. The van der Waals surface area contributed by atoms with Crippen LogP contribution in [0.3, 0.4) is 0 Å². The Morgan fingerprint density at radius 3 is 2.26 bits per heavy atom. The average Bonchev–Trinajstić information content (AvgIpc) is 3.20. The zero-order valence-corrected chi connectivity index (χ0v) is 19.4. The van der Waals surface area contributed by atoms with Crippen LogP contribution in [0.5, 0.6) is 0 Å². The summed E-state index contributed by atoms with van der Waals surface area (Å²) < 4.78 is 45.9. The van der Waals surface area contributed by atoms with E-state index in [0.717, 1.165) is 29.1 Å². The number of hydrogen-bond donors (Lipinski definition) is 1. The van der Waals surface area contributed by atoms with E-state index in [0.29, 0.717) is 4.90 Å². The van der Waals surface area contributed by atoms with Gasteiger partial charge in [0.05, 0.1) is 18.3 Å². The Hall–Kier alpha value is -3.34. The van der Waals surface area contributed by atoms with Crippen molar-refractivity contribution in [1.29, 1.82) is 0 Å². The fraction of sp³-hybridized carbons (Fsp3) is 0.304. The number of carbonyl (C=O) groups is 2. The molecule has 34 heavy (non-hydrogen) atoms. The maximum Gasteiger partial charge on any atom is 0.431 e. The Bertz CT molecular complexity index is 1160. The van der Waals surface area contributed by atoms with E-state index >= 15 is 0 Å². The van der Waals surface area contributed by atoms with Gasteiger partial charge in [-0.1, -0.05) is 35.0 Å². The molecule has 0 aliphatic rings. The van der Waals surface area contributed by atoms with E-state index in [4.69, 9.17) is 4.74 Å². The van der Waals surface area contributed by atoms with Gasteiger partial charge in [0.1, 0.15) is 10.4 Å². The van der Waals surface area contributed by atoms with Crippen LogP contribution in [-0.2, 0) is 16.1 Å². The van der Waals surface area contributed by atoms with Gasteiger partial charge in [0.25, 0.3) is 0 Å². The van der Waals surface area contributed by atoms with Crippen LogP contribution >= 0.6 is 11.8 Å². The number of nitrogens with zero attached hydrogens (tertiary/aromatic N) is 3. The highest BCUT2D eigenvalue weighted by Gasteiger charge is 2.46. The van der Waals surface area contributed by atoms with Crippen LogP contribution in [0, 0.1) is 6.92 Å². The maximum atomic E-state index is 13.7. The van der Waals surface area contributed by atoms with Crippen molar-refractivity contribution in [2.45, 2.75) is 49.2 Å². The van der Waals surface area contributed by atoms with E-state index < -0.39 is 34.7 Å². The van der Waals surface area contributed by atoms with Crippen LogP contribution in [0.1, 0.15) is 47.1 Å². The van der Waals surface area contributed by atoms with Crippen molar-refractivity contribution in [3.05, 3.63) is 77.1 Å². The predicted molar refractivity (Wildman–Crippen MR) is 119 cm³/mol. The van der Waals surface area contributed by atoms with Crippen LogP contribution in [0.2, 0.25) is 0 Å². The van der Waals surface area contributed by atoms with Gasteiger partial charge in [0.15, 0.2) is 0 Å². The van der Waals surface area contributed by atoms with Gasteiger partial charge in [-0.15, -0.1) is 16.9 Å². The molecule has 11 heteroatoms. The Labute approximate surface area is 197 Å². The normalized spacial score (nSPS) is 12.9. The molecule has 0 fully saturated rings. The largest absolute Gasteiger partial charge is 0.480 e. The summed E-state index contributed by atoms with van der Waals surface area (Å²) in [6.45, 7) is 5.16. The smallest absolute Gasteiger partial charge is 0.431 e. The summed E-state index contributed by atoms with van der Waals surface area (Å²) in [6.07, 6.45) is -6.40. The Balaban J connectivity index is 1.73. The minimum Gasteiger partial charge on any atom is -0.480 e. The number of aryl methyl sites for hydroxylation is 1. The molecule has 0 bridgehead atoms. The van der Waals surface area contributed by atoms with E-state index in [1.54, 1.807) is 0 Å². The number of aromatic nitrogens is 3. The molecule has 0 radical (unpaired) electrons. The lowest BCUT2D eigenvalue weighted by Gasteiger charge is -2.19. The molecule has 2 aromatic carbocycles. The molecule has 1 atom stereocenters. The molecule has 3 rings (SSSR count). The minimum atomic E-state index is -4.90. The molecule has 0 saturated carbocycles. The van der Waals surface area contributed by atoms with E-state index in [1.165, 1.54) is 42.8 Å². The maximum absolute atomic E-state index is 13.7. The molecule has 0 aliphatic heterocycles. The number of carbonyl (C=O) groups excluding carboxylic acids is 1. The average molecular weight is 494 g/mol. The monoisotopic (exact) mass is 493 g/mol. The highest BCUT2D eigenvalue weighted by Crippen LogP contribution is 2.36. The summed E-state index contributed by atoms with van der Waals surface area (Å²) in [5.74, 6) is -2.21. The highest BCUT2D eigenvalue weighted by molar-refractivity contribution is 8.01. The van der Waals surface area contributed by atoms with E-state index in [9.17, 15) is 27.9 Å². The second-order valence-corrected chi connectivity index (χ2v) is 9.79. The van der Waals surface area contributed by atoms with Gasteiger partial charge in [-0.2, -0.15) is 13.2 Å². The Morgan fingerprint density at radius 2 is 1.71 bits per heavy atom. The second-order valence-electron chi connectivity index (χ2n) is 8.10. The summed E-state index contributed by atoms with van der Waals surface area (Å²) in [5.41, 5.74) is 1.22. The summed E-state index contributed by atoms with van der Waals surface area (Å²) in [5, 5.41) is 16.5. The van der Waals surface area contributed by atoms with Crippen molar-refractivity contribution >= 4 is 23.7 Å². The topological polar surface area (TPSA) is 94.3 Å². The van der Waals surface area contributed by atoms with Gasteiger partial charge in [-0.25, -0.2) is 9.48 Å². The quantitative estimate of drug-likeness (QED) is 0.347. The number of carboxylic acids is 1. The van der Waals surface area contributed by atoms with Crippen molar-refractivity contribution in [3.8, 4) is 0 Å². The van der Waals surface area contributed by atoms with E-state index in [2.05, 4.69) is 10.3 Å². The third-order valence-corrected chi connectivity index (χ3v) is 5.98. The van der Waals surface area contributed by atoms with Gasteiger partial charge >= 0.3 is 18.1 Å². The number of aliphatic carboxylic acids is 1. The number of benzene rings is 2. The van der Waals surface area contributed by atoms with Gasteiger partial charge in [0.2, 0.25) is 6.10 Å². The highest BCUT2D eigenvalue weighted by atomic mass is 32.2. The van der Waals surface area contributed by atoms with Crippen LogP contribution < -0.4 is 0 Å². The number of ether oxygens (including phenoxy) is 1. The van der Waals surface area contributed by atoms with Crippen LogP contribution in [0.15, 0.2) is 59.6 Å². The van der Waals surface area contributed by atoms with Crippen molar-refractivity contribution in [2.24, 2.45) is 0 Å². The lowest BCUT2D eigenvalue weighted by Crippen LogP contribution is -2.27. The summed E-state index contributed by atoms with van der Waals surface area (Å²) in [4.78, 5) is 24.2. The molecular weight excluding hydrogens is 471 g/mol. The first-order chi connectivity index (χ1) is 15.8. The molecule has 0 saturated heterocycles. The zero-order chi connectivity index (χ0) is 25.1. The van der Waals surface area contributed by atoms with Gasteiger partial charge in [-0.3, -0.25) is 4.79 Å². The van der Waals surface area contributed by atoms with Gasteiger partial charge in [0, 0.05) is 4.90 Å². The van der Waals surface area contributed by atoms with Crippen LogP contribution in [0.4, 0.5) is 13.2 Å². The zero-order valence-electron chi connectivity index (χ0n) is 18.5. The van der Waals surface area contributed by atoms with Crippen LogP contribution in [0.25, 0.3) is 0 Å². The number of rotatable bonds is 8. The first-order valence-corrected chi connectivity index (χ1v) is 10.9. The van der Waals surface area contributed by atoms with Crippen LogP contribution in [-0.4, -0.2) is 43.0 Å². The first-order valence-electron chi connectivity index (χ1n) is 10.1. The number of esters is 1. The summed E-state index contributed by atoms with van der Waals surface area (Å²) in [7, 11) is 0. The standard InChI is InChI=1S/C23H22F3N3O4S/c1-14-4-6-15(7-5-14)12-29-13-18(27-28-29)19(23(24,25)26)33-20(30)16-8-10-17(11-9-16)34-22(2,3)21(31)32/h4-11,13,19H,12H2,1-3H3,(H,31,32)/t19-/m1/s1. The molecular formula is C23H22F3N3O4S. The molecule has 1 N–H and O–H groups in total.